The summed E-state index contributed by atoms with van der Waals surface area (Å²) in [6.45, 7) is 2.52. The number of piperidine rings is 1. The number of nitrogens with one attached hydrogen (secondary N) is 4. The van der Waals surface area contributed by atoms with Gasteiger partial charge in [0.2, 0.25) is 0 Å². The van der Waals surface area contributed by atoms with Crippen LogP contribution in [0.3, 0.4) is 0 Å². The van der Waals surface area contributed by atoms with Crippen LogP contribution in [0.2, 0.25) is 0 Å². The summed E-state index contributed by atoms with van der Waals surface area (Å²) in [5.41, 5.74) is 3.99. The molecular formula is C27H25N5O2. The van der Waals surface area contributed by atoms with Crippen LogP contribution in [0, 0.1) is 0 Å². The predicted molar refractivity (Wildman–Crippen MR) is 132 cm³/mol. The molecule has 7 nitrogen and oxygen atoms in total. The van der Waals surface area contributed by atoms with Crippen LogP contribution in [0.15, 0.2) is 66.9 Å². The van der Waals surface area contributed by atoms with Gasteiger partial charge in [-0.05, 0) is 61.0 Å². The second kappa shape index (κ2) is 8.11. The lowest BCUT2D eigenvalue weighted by atomic mass is 9.73. The van der Waals surface area contributed by atoms with Gasteiger partial charge in [-0.15, -0.1) is 0 Å². The van der Waals surface area contributed by atoms with Gasteiger partial charge in [-0.25, -0.2) is 4.98 Å². The standard InChI is InChI=1S/C27H25N5O2/c33-25-21-15-22(31-24(21)27(16-30-25)9-12-28-13-10-27)18-8-11-29-23(14-18)32-26(34)20-7-3-5-17-4-1-2-6-19(17)20/h1-8,11,14-15,28,31H,9-10,12-13,16H2,(H,30,33)(H,29,32,34). The van der Waals surface area contributed by atoms with Crippen LogP contribution in [0.4, 0.5) is 5.82 Å². The summed E-state index contributed by atoms with van der Waals surface area (Å²) in [5.74, 6) is 0.212. The SMILES string of the molecule is O=C1NCC2(CCNCC2)c2[nH]c(-c3ccnc(NC(=O)c4cccc5ccccc45)c3)cc21. The number of aromatic amines is 1. The number of pyridine rings is 1. The summed E-state index contributed by atoms with van der Waals surface area (Å²) in [7, 11) is 0. The van der Waals surface area contributed by atoms with E-state index in [1.165, 1.54) is 0 Å². The van der Waals surface area contributed by atoms with Crippen molar-refractivity contribution in [3.63, 3.8) is 0 Å². The predicted octanol–water partition coefficient (Wildman–Crippen LogP) is 3.85. The third kappa shape index (κ3) is 3.45. The first-order valence-corrected chi connectivity index (χ1v) is 11.6. The van der Waals surface area contributed by atoms with E-state index in [1.54, 1.807) is 6.20 Å². The van der Waals surface area contributed by atoms with Gasteiger partial charge in [-0.1, -0.05) is 36.4 Å². The number of H-pyrrole nitrogens is 1. The molecule has 6 rings (SSSR count). The van der Waals surface area contributed by atoms with E-state index in [4.69, 9.17) is 0 Å². The molecule has 2 aliphatic rings. The maximum atomic E-state index is 13.1. The highest BCUT2D eigenvalue weighted by Crippen LogP contribution is 2.39. The van der Waals surface area contributed by atoms with Gasteiger partial charge in [0.25, 0.3) is 11.8 Å². The molecule has 1 saturated heterocycles. The van der Waals surface area contributed by atoms with Crippen LogP contribution in [0.1, 0.15) is 39.3 Å². The lowest BCUT2D eigenvalue weighted by Crippen LogP contribution is -2.51. The Bertz CT molecular complexity index is 1410. The summed E-state index contributed by atoms with van der Waals surface area (Å²) < 4.78 is 0. The van der Waals surface area contributed by atoms with Gasteiger partial charge in [0.15, 0.2) is 0 Å². The van der Waals surface area contributed by atoms with Crippen LogP contribution in [-0.2, 0) is 5.41 Å². The topological polar surface area (TPSA) is 98.9 Å². The molecule has 0 atom stereocenters. The molecule has 0 saturated carbocycles. The van der Waals surface area contributed by atoms with E-state index in [-0.39, 0.29) is 17.2 Å². The molecule has 4 heterocycles. The Kier molecular flexibility index (Phi) is 4.92. The van der Waals surface area contributed by atoms with E-state index in [9.17, 15) is 9.59 Å². The molecule has 4 aromatic rings. The first kappa shape index (κ1) is 20.6. The number of nitrogens with zero attached hydrogens (tertiary/aromatic N) is 1. The van der Waals surface area contributed by atoms with Gasteiger partial charge in [-0.2, -0.15) is 0 Å². The third-order valence-electron chi connectivity index (χ3n) is 7.09. The molecular weight excluding hydrogens is 426 g/mol. The zero-order chi connectivity index (χ0) is 23.1. The van der Waals surface area contributed by atoms with Crippen LogP contribution in [0.25, 0.3) is 22.0 Å². The monoisotopic (exact) mass is 451 g/mol. The average molecular weight is 452 g/mol. The average Bonchev–Trinajstić information content (AvgIpc) is 3.35. The zero-order valence-electron chi connectivity index (χ0n) is 18.7. The summed E-state index contributed by atoms with van der Waals surface area (Å²) in [5, 5.41) is 11.3. The van der Waals surface area contributed by atoms with Crippen molar-refractivity contribution in [2.24, 2.45) is 0 Å². The number of anilines is 1. The van der Waals surface area contributed by atoms with Gasteiger partial charge in [0.1, 0.15) is 5.82 Å². The molecule has 0 aliphatic carbocycles. The highest BCUT2D eigenvalue weighted by atomic mass is 16.2. The van der Waals surface area contributed by atoms with E-state index >= 15 is 0 Å². The number of hydrogen-bond donors (Lipinski definition) is 4. The van der Waals surface area contributed by atoms with Crippen LogP contribution >= 0.6 is 0 Å². The molecule has 1 spiro atoms. The minimum Gasteiger partial charge on any atom is -0.357 e. The number of carbonyl (C=O) groups is 2. The Hall–Kier alpha value is -3.97. The van der Waals surface area contributed by atoms with Crippen molar-refractivity contribution in [2.75, 3.05) is 25.0 Å². The second-order valence-corrected chi connectivity index (χ2v) is 9.10. The highest BCUT2D eigenvalue weighted by molar-refractivity contribution is 6.12. The smallest absolute Gasteiger partial charge is 0.257 e. The van der Waals surface area contributed by atoms with Gasteiger partial charge >= 0.3 is 0 Å². The Balaban J connectivity index is 1.32. The van der Waals surface area contributed by atoms with Gasteiger partial charge in [0.05, 0.1) is 5.56 Å². The van der Waals surface area contributed by atoms with E-state index in [1.807, 2.05) is 60.7 Å². The molecule has 170 valence electrons. The fraction of sp³-hybridized carbons (Fsp3) is 0.222. The van der Waals surface area contributed by atoms with Crippen molar-refractivity contribution >= 4 is 28.4 Å². The molecule has 2 aliphatic heterocycles. The minimum absolute atomic E-state index is 0.0415. The van der Waals surface area contributed by atoms with Crippen LogP contribution in [-0.4, -0.2) is 41.4 Å². The number of amides is 2. The Labute approximate surface area is 197 Å². The molecule has 1 fully saturated rings. The minimum atomic E-state index is -0.208. The Morgan fingerprint density at radius 2 is 1.82 bits per heavy atom. The molecule has 0 bridgehead atoms. The molecule has 0 unspecified atom stereocenters. The third-order valence-corrected chi connectivity index (χ3v) is 7.09. The quantitative estimate of drug-likeness (QED) is 0.380. The lowest BCUT2D eigenvalue weighted by molar-refractivity contribution is 0.0913. The van der Waals surface area contributed by atoms with E-state index in [2.05, 4.69) is 25.9 Å². The summed E-state index contributed by atoms with van der Waals surface area (Å²) >= 11 is 0. The van der Waals surface area contributed by atoms with Crippen LogP contribution < -0.4 is 16.0 Å². The van der Waals surface area contributed by atoms with Crippen LogP contribution in [0.5, 0.6) is 0 Å². The number of hydrogen-bond acceptors (Lipinski definition) is 4. The second-order valence-electron chi connectivity index (χ2n) is 9.10. The number of fused-ring (bicyclic) bond motifs is 3. The molecule has 2 aromatic carbocycles. The first-order chi connectivity index (χ1) is 16.6. The molecule has 7 heteroatoms. The molecule has 34 heavy (non-hydrogen) atoms. The lowest BCUT2D eigenvalue weighted by Gasteiger charge is -2.40. The van der Waals surface area contributed by atoms with Crippen molar-refractivity contribution in [2.45, 2.75) is 18.3 Å². The van der Waals surface area contributed by atoms with E-state index in [0.717, 1.165) is 53.7 Å². The van der Waals surface area contributed by atoms with Crippen molar-refractivity contribution in [1.82, 2.24) is 20.6 Å². The van der Waals surface area contributed by atoms with E-state index < -0.39 is 0 Å². The molecule has 2 amide bonds. The van der Waals surface area contributed by atoms with Crippen molar-refractivity contribution in [1.29, 1.82) is 0 Å². The largest absolute Gasteiger partial charge is 0.357 e. The van der Waals surface area contributed by atoms with Crippen molar-refractivity contribution in [3.05, 3.63) is 83.7 Å². The number of aromatic nitrogens is 2. The molecule has 4 N–H and O–H groups in total. The van der Waals surface area contributed by atoms with Crippen molar-refractivity contribution < 1.29 is 9.59 Å². The van der Waals surface area contributed by atoms with Gasteiger partial charge in [-0.3, -0.25) is 9.59 Å². The van der Waals surface area contributed by atoms with Gasteiger partial charge in [0, 0.05) is 40.7 Å². The first-order valence-electron chi connectivity index (χ1n) is 11.6. The summed E-state index contributed by atoms with van der Waals surface area (Å²) in [6.07, 6.45) is 3.63. The number of benzene rings is 2. The molecule has 2 aromatic heterocycles. The Morgan fingerprint density at radius 1 is 1.00 bits per heavy atom. The molecule has 0 radical (unpaired) electrons. The Morgan fingerprint density at radius 3 is 2.71 bits per heavy atom. The highest BCUT2D eigenvalue weighted by Gasteiger charge is 2.42. The fourth-order valence-corrected chi connectivity index (χ4v) is 5.25. The van der Waals surface area contributed by atoms with E-state index in [0.29, 0.717) is 23.5 Å². The maximum Gasteiger partial charge on any atom is 0.257 e. The summed E-state index contributed by atoms with van der Waals surface area (Å²) in [4.78, 5) is 33.6. The maximum absolute atomic E-state index is 13.1. The normalized spacial score (nSPS) is 16.8. The summed E-state index contributed by atoms with van der Waals surface area (Å²) in [6, 6.07) is 19.1. The number of rotatable bonds is 3. The van der Waals surface area contributed by atoms with Gasteiger partial charge < -0.3 is 20.9 Å². The van der Waals surface area contributed by atoms with Crippen molar-refractivity contribution in [3.8, 4) is 11.3 Å². The number of carbonyl (C=O) groups excluding carboxylic acids is 2. The zero-order valence-corrected chi connectivity index (χ0v) is 18.7. The fourth-order valence-electron chi connectivity index (χ4n) is 5.25.